The molecule has 4 rings (SSSR count). The molecule has 0 bridgehead atoms. The lowest BCUT2D eigenvalue weighted by Gasteiger charge is -2.11. The zero-order valence-electron chi connectivity index (χ0n) is 17.2. The van der Waals surface area contributed by atoms with E-state index in [1.165, 1.54) is 18.2 Å². The van der Waals surface area contributed by atoms with Gasteiger partial charge in [0.2, 0.25) is 0 Å². The minimum absolute atomic E-state index is 0.0860. The van der Waals surface area contributed by atoms with Gasteiger partial charge in [-0.3, -0.25) is 4.72 Å². The summed E-state index contributed by atoms with van der Waals surface area (Å²) in [5.41, 5.74) is 3.81. The fraction of sp³-hybridized carbons (Fsp3) is 0.0870. The molecule has 9 heteroatoms. The van der Waals surface area contributed by atoms with E-state index in [1.807, 2.05) is 49.3 Å². The number of aromatic nitrogens is 1. The van der Waals surface area contributed by atoms with Crippen molar-refractivity contribution in [3.05, 3.63) is 82.8 Å². The number of sulfonamides is 1. The predicted molar refractivity (Wildman–Crippen MR) is 129 cm³/mol. The maximum Gasteiger partial charge on any atom is 0.263 e. The Labute approximate surface area is 196 Å². The third-order valence-electron chi connectivity index (χ3n) is 4.79. The van der Waals surface area contributed by atoms with Crippen LogP contribution in [0.5, 0.6) is 0 Å². The molecule has 1 N–H and O–H groups in total. The normalized spacial score (nSPS) is 11.4. The maximum atomic E-state index is 12.7. The zero-order chi connectivity index (χ0) is 22.9. The summed E-state index contributed by atoms with van der Waals surface area (Å²) in [6, 6.07) is 20.9. The lowest BCUT2D eigenvalue weighted by atomic mass is 10.1. The molecule has 0 saturated heterocycles. The van der Waals surface area contributed by atoms with E-state index >= 15 is 0 Å². The van der Waals surface area contributed by atoms with Crippen LogP contribution < -0.4 is 9.62 Å². The molecular weight excluding hydrogens is 469 g/mol. The molecule has 0 aliphatic carbocycles. The van der Waals surface area contributed by atoms with Gasteiger partial charge in [0.15, 0.2) is 5.76 Å². The van der Waals surface area contributed by atoms with E-state index in [1.54, 1.807) is 24.3 Å². The Bertz CT molecular complexity index is 1350. The van der Waals surface area contributed by atoms with Crippen LogP contribution in [0.25, 0.3) is 22.6 Å². The SMILES string of the molecule is CN(C)c1ccc(-c2cc(-c3ccc(NS(=O)(=O)c4cc(Cl)ccc4Cl)cc3)no2)cc1. The van der Waals surface area contributed by atoms with Gasteiger partial charge in [-0.05, 0) is 54.6 Å². The fourth-order valence-corrected chi connectivity index (χ4v) is 4.90. The number of hydrogen-bond donors (Lipinski definition) is 1. The second kappa shape index (κ2) is 8.86. The average molecular weight is 488 g/mol. The van der Waals surface area contributed by atoms with Crippen LogP contribution in [0.3, 0.4) is 0 Å². The molecule has 0 unspecified atom stereocenters. The molecule has 0 amide bonds. The summed E-state index contributed by atoms with van der Waals surface area (Å²) >= 11 is 11.9. The highest BCUT2D eigenvalue weighted by molar-refractivity contribution is 7.92. The Kier molecular flexibility index (Phi) is 6.15. The maximum absolute atomic E-state index is 12.7. The lowest BCUT2D eigenvalue weighted by Crippen LogP contribution is -2.13. The monoisotopic (exact) mass is 487 g/mol. The number of hydrogen-bond acceptors (Lipinski definition) is 5. The van der Waals surface area contributed by atoms with Gasteiger partial charge in [-0.1, -0.05) is 40.5 Å². The van der Waals surface area contributed by atoms with Crippen molar-refractivity contribution in [1.29, 1.82) is 0 Å². The summed E-state index contributed by atoms with van der Waals surface area (Å²) in [7, 11) is 0.0725. The summed E-state index contributed by atoms with van der Waals surface area (Å²) < 4.78 is 33.3. The first-order chi connectivity index (χ1) is 15.2. The van der Waals surface area contributed by atoms with E-state index in [0.29, 0.717) is 17.1 Å². The third-order valence-corrected chi connectivity index (χ3v) is 6.89. The second-order valence-electron chi connectivity index (χ2n) is 7.28. The van der Waals surface area contributed by atoms with Gasteiger partial charge in [-0.15, -0.1) is 0 Å². The van der Waals surface area contributed by atoms with Gasteiger partial charge in [0.25, 0.3) is 10.0 Å². The van der Waals surface area contributed by atoms with Crippen LogP contribution >= 0.6 is 23.2 Å². The minimum Gasteiger partial charge on any atom is -0.378 e. The van der Waals surface area contributed by atoms with E-state index in [0.717, 1.165) is 16.8 Å². The lowest BCUT2D eigenvalue weighted by molar-refractivity contribution is 0.435. The van der Waals surface area contributed by atoms with Crippen molar-refractivity contribution in [2.45, 2.75) is 4.90 Å². The smallest absolute Gasteiger partial charge is 0.263 e. The van der Waals surface area contributed by atoms with Crippen LogP contribution in [0.4, 0.5) is 11.4 Å². The molecule has 0 atom stereocenters. The molecule has 3 aromatic carbocycles. The van der Waals surface area contributed by atoms with Gasteiger partial charge < -0.3 is 9.42 Å². The molecule has 4 aromatic rings. The van der Waals surface area contributed by atoms with Crippen molar-refractivity contribution in [3.63, 3.8) is 0 Å². The molecule has 0 saturated carbocycles. The van der Waals surface area contributed by atoms with Crippen LogP contribution in [-0.4, -0.2) is 27.7 Å². The van der Waals surface area contributed by atoms with Crippen molar-refractivity contribution in [1.82, 2.24) is 5.16 Å². The molecule has 0 radical (unpaired) electrons. The van der Waals surface area contributed by atoms with Crippen molar-refractivity contribution in [3.8, 4) is 22.6 Å². The number of nitrogens with one attached hydrogen (secondary N) is 1. The summed E-state index contributed by atoms with van der Waals surface area (Å²) in [5.74, 6) is 0.644. The van der Waals surface area contributed by atoms with Crippen LogP contribution in [0, 0.1) is 0 Å². The first-order valence-corrected chi connectivity index (χ1v) is 11.8. The molecule has 1 aromatic heterocycles. The molecule has 6 nitrogen and oxygen atoms in total. The Morgan fingerprint density at radius 1 is 0.875 bits per heavy atom. The molecule has 32 heavy (non-hydrogen) atoms. The number of halogens is 2. The summed E-state index contributed by atoms with van der Waals surface area (Å²) in [6.07, 6.45) is 0. The Balaban J connectivity index is 1.52. The highest BCUT2D eigenvalue weighted by atomic mass is 35.5. The van der Waals surface area contributed by atoms with Gasteiger partial charge in [-0.25, -0.2) is 8.42 Å². The number of benzene rings is 3. The molecule has 164 valence electrons. The molecule has 0 spiro atoms. The highest BCUT2D eigenvalue weighted by Crippen LogP contribution is 2.30. The van der Waals surface area contributed by atoms with Gasteiger partial charge >= 0.3 is 0 Å². The summed E-state index contributed by atoms with van der Waals surface area (Å²) in [4.78, 5) is 1.93. The number of nitrogens with zero attached hydrogens (tertiary/aromatic N) is 2. The molecule has 1 heterocycles. The number of rotatable bonds is 6. The van der Waals surface area contributed by atoms with Gasteiger partial charge in [0, 0.05) is 47.7 Å². The van der Waals surface area contributed by atoms with Crippen molar-refractivity contribution in [2.75, 3.05) is 23.7 Å². The quantitative estimate of drug-likeness (QED) is 0.351. The first-order valence-electron chi connectivity index (χ1n) is 9.56. The van der Waals surface area contributed by atoms with E-state index in [4.69, 9.17) is 27.7 Å². The van der Waals surface area contributed by atoms with Crippen LogP contribution in [0.1, 0.15) is 0 Å². The Morgan fingerprint density at radius 2 is 1.53 bits per heavy atom. The molecule has 0 fully saturated rings. The first kappa shape index (κ1) is 22.2. The van der Waals surface area contributed by atoms with Crippen LogP contribution in [-0.2, 0) is 10.0 Å². The van der Waals surface area contributed by atoms with Gasteiger partial charge in [-0.2, -0.15) is 0 Å². The average Bonchev–Trinajstić information content (AvgIpc) is 3.26. The van der Waals surface area contributed by atoms with E-state index in [-0.39, 0.29) is 14.9 Å². The van der Waals surface area contributed by atoms with Crippen LogP contribution in [0.2, 0.25) is 10.0 Å². The van der Waals surface area contributed by atoms with Gasteiger partial charge in [0.1, 0.15) is 10.6 Å². The zero-order valence-corrected chi connectivity index (χ0v) is 19.5. The largest absolute Gasteiger partial charge is 0.378 e. The topological polar surface area (TPSA) is 75.4 Å². The third kappa shape index (κ3) is 4.75. The van der Waals surface area contributed by atoms with E-state index < -0.39 is 10.0 Å². The van der Waals surface area contributed by atoms with Crippen molar-refractivity contribution in [2.24, 2.45) is 0 Å². The predicted octanol–water partition coefficient (Wildman–Crippen LogP) is 6.18. The van der Waals surface area contributed by atoms with Crippen molar-refractivity contribution < 1.29 is 12.9 Å². The Morgan fingerprint density at radius 3 is 2.19 bits per heavy atom. The molecule has 0 aliphatic heterocycles. The van der Waals surface area contributed by atoms with Crippen molar-refractivity contribution >= 4 is 44.6 Å². The Hall–Kier alpha value is -3.00. The number of anilines is 2. The summed E-state index contributed by atoms with van der Waals surface area (Å²) in [5, 5.41) is 4.51. The van der Waals surface area contributed by atoms with E-state index in [2.05, 4.69) is 9.88 Å². The molecule has 0 aliphatic rings. The highest BCUT2D eigenvalue weighted by Gasteiger charge is 2.19. The molecular formula is C23H19Cl2N3O3S. The van der Waals surface area contributed by atoms with E-state index in [9.17, 15) is 8.42 Å². The fourth-order valence-electron chi connectivity index (χ4n) is 3.07. The minimum atomic E-state index is -3.89. The van der Waals surface area contributed by atoms with Crippen LogP contribution in [0.15, 0.2) is 82.2 Å². The summed E-state index contributed by atoms with van der Waals surface area (Å²) in [6.45, 7) is 0. The standard InChI is InChI=1S/C23H19Cl2N3O3S/c1-28(2)19-10-5-16(6-11-19)22-14-21(26-31-22)15-3-8-18(9-4-15)27-32(29,30)23-13-17(24)7-12-20(23)25/h3-14,27H,1-2H3. The second-order valence-corrected chi connectivity index (χ2v) is 9.77. The van der Waals surface area contributed by atoms with Gasteiger partial charge in [0.05, 0.1) is 5.02 Å².